The molecule has 0 atom stereocenters. The molecule has 0 radical (unpaired) electrons. The third-order valence-electron chi connectivity index (χ3n) is 3.89. The lowest BCUT2D eigenvalue weighted by molar-refractivity contribution is -0.0672. The molecule has 0 amide bonds. The second-order valence-electron chi connectivity index (χ2n) is 5.76. The maximum atomic E-state index is 12.3. The summed E-state index contributed by atoms with van der Waals surface area (Å²) in [5.41, 5.74) is 1.32. The van der Waals surface area contributed by atoms with Gasteiger partial charge in [0.05, 0.1) is 4.90 Å². The molecule has 0 N–H and O–H groups in total. The lowest BCUT2D eigenvalue weighted by atomic mass is 9.75. The fourth-order valence-electron chi connectivity index (χ4n) is 3.03. The summed E-state index contributed by atoms with van der Waals surface area (Å²) in [5, 5.41) is 0. The first-order chi connectivity index (χ1) is 8.41. The minimum Gasteiger partial charge on any atom is -0.305 e. The van der Waals surface area contributed by atoms with Gasteiger partial charge in [0.15, 0.2) is 0 Å². The van der Waals surface area contributed by atoms with E-state index in [1.54, 1.807) is 16.4 Å². The predicted molar refractivity (Wildman–Crippen MR) is 69.9 cm³/mol. The van der Waals surface area contributed by atoms with Gasteiger partial charge in [-0.25, -0.2) is 8.42 Å². The minimum atomic E-state index is -3.27. The van der Waals surface area contributed by atoms with Gasteiger partial charge in [-0.1, -0.05) is 17.7 Å². The number of rotatable bonds is 2. The smallest absolute Gasteiger partial charge is 0.243 e. The summed E-state index contributed by atoms with van der Waals surface area (Å²) in [6.45, 7) is 5.35. The highest BCUT2D eigenvalue weighted by atomic mass is 32.2. The van der Waals surface area contributed by atoms with Crippen molar-refractivity contribution in [3.05, 3.63) is 29.8 Å². The van der Waals surface area contributed by atoms with Gasteiger partial charge in [0.25, 0.3) is 0 Å². The Balaban J connectivity index is 1.75. The maximum absolute atomic E-state index is 12.3. The van der Waals surface area contributed by atoms with Crippen molar-refractivity contribution in [1.82, 2.24) is 9.21 Å². The zero-order valence-corrected chi connectivity index (χ0v) is 11.6. The molecule has 5 heteroatoms. The molecule has 0 aliphatic carbocycles. The van der Waals surface area contributed by atoms with Crippen LogP contribution in [0.4, 0.5) is 0 Å². The SMILES string of the molecule is Cc1ccc(S(=O)(=O)N2CC3(CN(C)C3)C2)cc1. The molecule has 2 aliphatic rings. The maximum Gasteiger partial charge on any atom is 0.243 e. The van der Waals surface area contributed by atoms with Crippen molar-refractivity contribution in [3.8, 4) is 0 Å². The molecule has 2 fully saturated rings. The Hall–Kier alpha value is -0.910. The Labute approximate surface area is 108 Å². The third kappa shape index (κ3) is 1.77. The third-order valence-corrected chi connectivity index (χ3v) is 5.70. The molecule has 2 heterocycles. The van der Waals surface area contributed by atoms with Gasteiger partial charge in [-0.3, -0.25) is 0 Å². The fourth-order valence-corrected chi connectivity index (χ4v) is 4.70. The molecule has 98 valence electrons. The van der Waals surface area contributed by atoms with E-state index < -0.39 is 10.0 Å². The van der Waals surface area contributed by atoms with Crippen LogP contribution in [0.1, 0.15) is 5.56 Å². The van der Waals surface area contributed by atoms with Crippen LogP contribution in [0.25, 0.3) is 0 Å². The number of hydrogen-bond donors (Lipinski definition) is 0. The van der Waals surface area contributed by atoms with Crippen LogP contribution in [0, 0.1) is 12.3 Å². The van der Waals surface area contributed by atoms with E-state index in [0.717, 1.165) is 18.7 Å². The molecule has 0 unspecified atom stereocenters. The summed E-state index contributed by atoms with van der Waals surface area (Å²) in [4.78, 5) is 2.64. The van der Waals surface area contributed by atoms with Crippen LogP contribution in [-0.4, -0.2) is 50.8 Å². The van der Waals surface area contributed by atoms with Crippen molar-refractivity contribution in [2.24, 2.45) is 5.41 Å². The first kappa shape index (κ1) is 12.1. The second-order valence-corrected chi connectivity index (χ2v) is 7.70. The number of sulfonamides is 1. The Kier molecular flexibility index (Phi) is 2.56. The topological polar surface area (TPSA) is 40.6 Å². The number of nitrogens with zero attached hydrogens (tertiary/aromatic N) is 2. The zero-order valence-electron chi connectivity index (χ0n) is 10.8. The van der Waals surface area contributed by atoms with E-state index in [4.69, 9.17) is 0 Å². The molecule has 0 bridgehead atoms. The minimum absolute atomic E-state index is 0.243. The van der Waals surface area contributed by atoms with Crippen LogP contribution in [0.3, 0.4) is 0 Å². The van der Waals surface area contributed by atoms with Gasteiger partial charge in [-0.2, -0.15) is 4.31 Å². The highest BCUT2D eigenvalue weighted by Gasteiger charge is 2.54. The predicted octanol–water partition coefficient (Wildman–Crippen LogP) is 0.931. The molecule has 18 heavy (non-hydrogen) atoms. The number of likely N-dealkylation sites (tertiary alicyclic amines) is 1. The summed E-state index contributed by atoms with van der Waals surface area (Å²) in [5.74, 6) is 0. The van der Waals surface area contributed by atoms with Crippen LogP contribution in [0.15, 0.2) is 29.2 Å². The van der Waals surface area contributed by atoms with Gasteiger partial charge in [0, 0.05) is 31.6 Å². The number of hydrogen-bond acceptors (Lipinski definition) is 3. The van der Waals surface area contributed by atoms with Gasteiger partial charge in [-0.05, 0) is 26.1 Å². The van der Waals surface area contributed by atoms with Crippen LogP contribution in [-0.2, 0) is 10.0 Å². The Morgan fingerprint density at radius 1 is 1.06 bits per heavy atom. The van der Waals surface area contributed by atoms with Crippen LogP contribution in [0.5, 0.6) is 0 Å². The first-order valence-electron chi connectivity index (χ1n) is 6.17. The average molecular weight is 266 g/mol. The van der Waals surface area contributed by atoms with Crippen LogP contribution >= 0.6 is 0 Å². The molecular weight excluding hydrogens is 248 g/mol. The van der Waals surface area contributed by atoms with Crippen molar-refractivity contribution < 1.29 is 8.42 Å². The van der Waals surface area contributed by atoms with E-state index in [9.17, 15) is 8.42 Å². The summed E-state index contributed by atoms with van der Waals surface area (Å²) in [7, 11) is -1.20. The van der Waals surface area contributed by atoms with Gasteiger partial charge in [0.2, 0.25) is 10.0 Å². The molecule has 2 aliphatic heterocycles. The van der Waals surface area contributed by atoms with E-state index in [1.165, 1.54) is 0 Å². The van der Waals surface area contributed by atoms with Crippen molar-refractivity contribution in [3.63, 3.8) is 0 Å². The molecule has 3 rings (SSSR count). The Morgan fingerprint density at radius 2 is 1.61 bits per heavy atom. The highest BCUT2D eigenvalue weighted by molar-refractivity contribution is 7.89. The van der Waals surface area contributed by atoms with Gasteiger partial charge < -0.3 is 4.90 Å². The van der Waals surface area contributed by atoms with E-state index >= 15 is 0 Å². The quantitative estimate of drug-likeness (QED) is 0.799. The summed E-state index contributed by atoms with van der Waals surface area (Å²) in [6, 6.07) is 7.09. The van der Waals surface area contributed by atoms with Crippen LogP contribution < -0.4 is 0 Å². The van der Waals surface area contributed by atoms with E-state index in [-0.39, 0.29) is 5.41 Å². The molecule has 1 spiro atoms. The lowest BCUT2D eigenvalue weighted by Crippen LogP contribution is -2.71. The van der Waals surface area contributed by atoms with Crippen LogP contribution in [0.2, 0.25) is 0 Å². The largest absolute Gasteiger partial charge is 0.305 e. The Morgan fingerprint density at radius 3 is 2.11 bits per heavy atom. The second kappa shape index (κ2) is 3.79. The van der Waals surface area contributed by atoms with Crippen molar-refractivity contribution >= 4 is 10.0 Å². The number of benzene rings is 1. The van der Waals surface area contributed by atoms with Gasteiger partial charge >= 0.3 is 0 Å². The molecule has 0 saturated carbocycles. The summed E-state index contributed by atoms with van der Waals surface area (Å²) in [6.07, 6.45) is 0. The summed E-state index contributed by atoms with van der Waals surface area (Å²) >= 11 is 0. The van der Waals surface area contributed by atoms with Crippen molar-refractivity contribution in [2.75, 3.05) is 33.2 Å². The summed E-state index contributed by atoms with van der Waals surface area (Å²) < 4.78 is 26.3. The molecule has 4 nitrogen and oxygen atoms in total. The highest BCUT2D eigenvalue weighted by Crippen LogP contribution is 2.41. The number of aryl methyl sites for hydroxylation is 1. The van der Waals surface area contributed by atoms with E-state index in [1.807, 2.05) is 19.1 Å². The van der Waals surface area contributed by atoms with Gasteiger partial charge in [-0.15, -0.1) is 0 Å². The molecule has 1 aromatic carbocycles. The molecule has 2 saturated heterocycles. The average Bonchev–Trinajstić information content (AvgIpc) is 2.21. The molecular formula is C13H18N2O2S. The van der Waals surface area contributed by atoms with E-state index in [0.29, 0.717) is 18.0 Å². The molecule has 1 aromatic rings. The lowest BCUT2D eigenvalue weighted by Gasteiger charge is -2.58. The molecule has 0 aromatic heterocycles. The fraction of sp³-hybridized carbons (Fsp3) is 0.538. The van der Waals surface area contributed by atoms with Crippen molar-refractivity contribution in [1.29, 1.82) is 0 Å². The Bertz CT molecular complexity index is 551. The normalized spacial score (nSPS) is 23.7. The zero-order chi connectivity index (χ0) is 13.0. The standard InChI is InChI=1S/C13H18N2O2S/c1-11-3-5-12(6-4-11)18(16,17)15-9-13(10-15)7-14(2)8-13/h3-6H,7-10H2,1-2H3. The monoisotopic (exact) mass is 266 g/mol. The van der Waals surface area contributed by atoms with Gasteiger partial charge in [0.1, 0.15) is 0 Å². The van der Waals surface area contributed by atoms with Crippen molar-refractivity contribution in [2.45, 2.75) is 11.8 Å². The first-order valence-corrected chi connectivity index (χ1v) is 7.61. The van der Waals surface area contributed by atoms with E-state index in [2.05, 4.69) is 11.9 Å².